The monoisotopic (exact) mass is 615 g/mol. The Morgan fingerprint density at radius 3 is 2.50 bits per heavy atom. The predicted octanol–water partition coefficient (Wildman–Crippen LogP) is 4.30. The summed E-state index contributed by atoms with van der Waals surface area (Å²) in [6.45, 7) is 3.83. The molecule has 11 nitrogen and oxygen atoms in total. The van der Waals surface area contributed by atoms with Crippen LogP contribution in [0.2, 0.25) is 0 Å². The maximum atomic E-state index is 14.0. The smallest absolute Gasteiger partial charge is 0.338 e. The molecule has 0 spiro atoms. The molecule has 0 N–H and O–H groups in total. The number of carbonyl (C=O) groups excluding carboxylic acids is 1. The highest BCUT2D eigenvalue weighted by Crippen LogP contribution is 2.36. The molecule has 1 aliphatic heterocycles. The van der Waals surface area contributed by atoms with E-state index in [1.165, 1.54) is 42.3 Å². The molecule has 1 atom stereocenters. The number of aromatic nitrogens is 1. The first-order chi connectivity index (χ1) is 21.2. The first-order valence-electron chi connectivity index (χ1n) is 13.6. The number of carbonyl (C=O) groups is 1. The van der Waals surface area contributed by atoms with Crippen LogP contribution in [-0.2, 0) is 16.1 Å². The van der Waals surface area contributed by atoms with Crippen LogP contribution in [0.1, 0.15) is 36.6 Å². The second-order valence-electron chi connectivity index (χ2n) is 9.70. The van der Waals surface area contributed by atoms with Crippen LogP contribution in [0.15, 0.2) is 87.8 Å². The summed E-state index contributed by atoms with van der Waals surface area (Å²) in [6, 6.07) is 17.8. The molecular formula is C32H29N3O8S. The lowest BCUT2D eigenvalue weighted by Crippen LogP contribution is -2.39. The normalized spacial score (nSPS) is 14.5. The van der Waals surface area contributed by atoms with Gasteiger partial charge in [0.05, 0.1) is 47.6 Å². The van der Waals surface area contributed by atoms with E-state index in [9.17, 15) is 19.7 Å². The van der Waals surface area contributed by atoms with Crippen LogP contribution >= 0.6 is 11.3 Å². The van der Waals surface area contributed by atoms with E-state index in [-0.39, 0.29) is 30.0 Å². The summed E-state index contributed by atoms with van der Waals surface area (Å²) in [4.78, 5) is 42.6. The molecule has 2 heterocycles. The topological polar surface area (TPSA) is 131 Å². The van der Waals surface area contributed by atoms with Crippen molar-refractivity contribution in [2.24, 2.45) is 4.99 Å². The Morgan fingerprint density at radius 2 is 1.82 bits per heavy atom. The Balaban J connectivity index is 1.53. The third-order valence-corrected chi connectivity index (χ3v) is 7.93. The van der Waals surface area contributed by atoms with Crippen LogP contribution in [0.3, 0.4) is 0 Å². The van der Waals surface area contributed by atoms with Gasteiger partial charge in [-0.25, -0.2) is 9.79 Å². The fraction of sp³-hybridized carbons (Fsp3) is 0.219. The summed E-state index contributed by atoms with van der Waals surface area (Å²) in [7, 11) is 3.05. The number of hydrogen-bond acceptors (Lipinski definition) is 10. The second-order valence-corrected chi connectivity index (χ2v) is 10.7. The van der Waals surface area contributed by atoms with Crippen molar-refractivity contribution in [1.29, 1.82) is 0 Å². The third kappa shape index (κ3) is 6.11. The lowest BCUT2D eigenvalue weighted by molar-refractivity contribution is -0.384. The van der Waals surface area contributed by atoms with Crippen molar-refractivity contribution >= 4 is 29.1 Å². The number of hydrogen-bond donors (Lipinski definition) is 0. The van der Waals surface area contributed by atoms with E-state index >= 15 is 0 Å². The molecule has 4 aromatic rings. The SMILES string of the molecule is CCOC(=O)C1=C(C)N=c2sc(=Cc3cccc(OCc4ccc([N+](=O)[O-])cc4)c3)c(=O)n2C1c1ccc(OC)c(OC)c1. The van der Waals surface area contributed by atoms with Gasteiger partial charge in [0.2, 0.25) is 0 Å². The fourth-order valence-corrected chi connectivity index (χ4v) is 5.90. The molecule has 1 aliphatic rings. The lowest BCUT2D eigenvalue weighted by Gasteiger charge is -2.25. The number of nitrogens with zero attached hydrogens (tertiary/aromatic N) is 3. The molecule has 0 saturated carbocycles. The highest BCUT2D eigenvalue weighted by Gasteiger charge is 2.34. The molecule has 0 radical (unpaired) electrons. The molecule has 0 bridgehead atoms. The van der Waals surface area contributed by atoms with Gasteiger partial charge in [-0.05, 0) is 73.0 Å². The van der Waals surface area contributed by atoms with Gasteiger partial charge in [0.1, 0.15) is 12.4 Å². The van der Waals surface area contributed by atoms with Crippen molar-refractivity contribution in [3.8, 4) is 17.2 Å². The van der Waals surface area contributed by atoms with Crippen molar-refractivity contribution in [3.63, 3.8) is 0 Å². The van der Waals surface area contributed by atoms with Gasteiger partial charge in [0.15, 0.2) is 16.3 Å². The number of benzene rings is 3. The van der Waals surface area contributed by atoms with Gasteiger partial charge < -0.3 is 18.9 Å². The third-order valence-electron chi connectivity index (χ3n) is 6.95. The highest BCUT2D eigenvalue weighted by atomic mass is 32.1. The molecule has 1 unspecified atom stereocenters. The van der Waals surface area contributed by atoms with Gasteiger partial charge >= 0.3 is 5.97 Å². The van der Waals surface area contributed by atoms with Crippen LogP contribution in [0.4, 0.5) is 5.69 Å². The van der Waals surface area contributed by atoms with Gasteiger partial charge in [-0.2, -0.15) is 0 Å². The number of nitro groups is 1. The zero-order chi connectivity index (χ0) is 31.4. The molecule has 226 valence electrons. The molecule has 0 aliphatic carbocycles. The quantitative estimate of drug-likeness (QED) is 0.147. The van der Waals surface area contributed by atoms with E-state index in [0.717, 1.165) is 11.1 Å². The number of thiazole rings is 1. The Bertz CT molecular complexity index is 1940. The fourth-order valence-electron chi connectivity index (χ4n) is 4.86. The summed E-state index contributed by atoms with van der Waals surface area (Å²) in [6.07, 6.45) is 1.75. The lowest BCUT2D eigenvalue weighted by atomic mass is 9.95. The number of allylic oxidation sites excluding steroid dienone is 1. The molecule has 44 heavy (non-hydrogen) atoms. The van der Waals surface area contributed by atoms with Gasteiger partial charge in [-0.3, -0.25) is 19.5 Å². The van der Waals surface area contributed by atoms with Gasteiger partial charge in [0, 0.05) is 12.1 Å². The minimum Gasteiger partial charge on any atom is -0.493 e. The molecule has 0 amide bonds. The van der Waals surface area contributed by atoms with E-state index in [0.29, 0.717) is 37.8 Å². The van der Waals surface area contributed by atoms with E-state index in [1.54, 1.807) is 62.4 Å². The summed E-state index contributed by atoms with van der Waals surface area (Å²) in [5, 5.41) is 10.9. The van der Waals surface area contributed by atoms with Crippen LogP contribution in [0.5, 0.6) is 17.2 Å². The van der Waals surface area contributed by atoms with E-state index in [4.69, 9.17) is 18.9 Å². The predicted molar refractivity (Wildman–Crippen MR) is 164 cm³/mol. The first kappa shape index (κ1) is 30.2. The zero-order valence-electron chi connectivity index (χ0n) is 24.4. The Hall–Kier alpha value is -5.23. The maximum absolute atomic E-state index is 14.0. The first-order valence-corrected chi connectivity index (χ1v) is 14.4. The molecule has 5 rings (SSSR count). The van der Waals surface area contributed by atoms with E-state index < -0.39 is 16.9 Å². The Kier molecular flexibility index (Phi) is 8.91. The largest absolute Gasteiger partial charge is 0.493 e. The molecular weight excluding hydrogens is 586 g/mol. The number of ether oxygens (including phenoxy) is 4. The van der Waals surface area contributed by atoms with Crippen LogP contribution < -0.4 is 29.1 Å². The van der Waals surface area contributed by atoms with Crippen LogP contribution in [-0.4, -0.2) is 36.3 Å². The molecule has 1 aromatic heterocycles. The van der Waals surface area contributed by atoms with Crippen molar-refractivity contribution < 1.29 is 28.7 Å². The molecule has 0 saturated heterocycles. The number of methoxy groups -OCH3 is 2. The highest BCUT2D eigenvalue weighted by molar-refractivity contribution is 7.07. The van der Waals surface area contributed by atoms with Crippen molar-refractivity contribution in [3.05, 3.63) is 124 Å². The molecule has 3 aromatic carbocycles. The van der Waals surface area contributed by atoms with Gasteiger partial charge in [0.25, 0.3) is 11.2 Å². The van der Waals surface area contributed by atoms with E-state index in [2.05, 4.69) is 4.99 Å². The van der Waals surface area contributed by atoms with Crippen molar-refractivity contribution in [1.82, 2.24) is 4.57 Å². The number of non-ortho nitro benzene ring substituents is 1. The van der Waals surface area contributed by atoms with Crippen molar-refractivity contribution in [2.75, 3.05) is 20.8 Å². The number of fused-ring (bicyclic) bond motifs is 1. The minimum atomic E-state index is -0.802. The maximum Gasteiger partial charge on any atom is 0.338 e. The summed E-state index contributed by atoms with van der Waals surface area (Å²) < 4.78 is 24.1. The Labute approximate surface area is 256 Å². The summed E-state index contributed by atoms with van der Waals surface area (Å²) in [5.41, 5.74) is 2.54. The zero-order valence-corrected chi connectivity index (χ0v) is 25.3. The summed E-state index contributed by atoms with van der Waals surface area (Å²) >= 11 is 1.21. The molecule has 0 fully saturated rings. The summed E-state index contributed by atoms with van der Waals surface area (Å²) in [5.74, 6) is 0.975. The standard InChI is InChI=1S/C32H29N3O8S/c1-5-42-31(37)28-19(2)33-32-34(29(28)22-11-14-25(40-3)26(17-22)41-4)30(36)27(44-32)16-21-7-6-8-24(15-21)43-18-20-9-12-23(13-10-20)35(38)39/h6-17,29H,5,18H2,1-4H3. The Morgan fingerprint density at radius 1 is 1.07 bits per heavy atom. The van der Waals surface area contributed by atoms with Crippen LogP contribution in [0, 0.1) is 10.1 Å². The minimum absolute atomic E-state index is 0.00940. The van der Waals surface area contributed by atoms with Gasteiger partial charge in [-0.1, -0.05) is 29.5 Å². The van der Waals surface area contributed by atoms with Crippen molar-refractivity contribution in [2.45, 2.75) is 26.5 Å². The molecule has 12 heteroatoms. The number of esters is 1. The number of rotatable bonds is 10. The average Bonchev–Trinajstić information content (AvgIpc) is 3.33. The van der Waals surface area contributed by atoms with E-state index in [1.807, 2.05) is 12.1 Å². The number of nitro benzene ring substituents is 1. The average molecular weight is 616 g/mol. The second kappa shape index (κ2) is 13.0. The van der Waals surface area contributed by atoms with Crippen LogP contribution in [0.25, 0.3) is 6.08 Å². The van der Waals surface area contributed by atoms with Gasteiger partial charge in [-0.15, -0.1) is 0 Å².